The third-order valence-electron chi connectivity index (χ3n) is 3.16. The van der Waals surface area contributed by atoms with E-state index < -0.39 is 0 Å². The lowest BCUT2D eigenvalue weighted by atomic mass is 10.0. The number of carbonyl (C=O) groups is 1. The number of ketones is 1. The van der Waals surface area contributed by atoms with Gasteiger partial charge in [0.25, 0.3) is 0 Å². The molecular weight excluding hydrogens is 246 g/mol. The van der Waals surface area contributed by atoms with Crippen LogP contribution in [-0.2, 0) is 11.2 Å². The molecule has 20 heavy (non-hydrogen) atoms. The molecular formula is C18H19NO. The van der Waals surface area contributed by atoms with Gasteiger partial charge >= 0.3 is 0 Å². The van der Waals surface area contributed by atoms with Crippen molar-refractivity contribution >= 4 is 11.5 Å². The van der Waals surface area contributed by atoms with Crippen molar-refractivity contribution in [2.75, 3.05) is 6.54 Å². The zero-order valence-electron chi connectivity index (χ0n) is 11.8. The van der Waals surface area contributed by atoms with Crippen LogP contribution in [0.5, 0.6) is 0 Å². The molecule has 0 spiro atoms. The fourth-order valence-electron chi connectivity index (χ4n) is 1.96. The summed E-state index contributed by atoms with van der Waals surface area (Å²) >= 11 is 0. The Labute approximate surface area is 120 Å². The van der Waals surface area contributed by atoms with Crippen molar-refractivity contribution in [1.29, 1.82) is 0 Å². The van der Waals surface area contributed by atoms with E-state index >= 15 is 0 Å². The van der Waals surface area contributed by atoms with Gasteiger partial charge in [0, 0.05) is 18.6 Å². The number of aliphatic imine (C=N–C) groups is 1. The molecule has 0 N–H and O–H groups in total. The maximum absolute atomic E-state index is 11.5. The maximum atomic E-state index is 11.5. The topological polar surface area (TPSA) is 29.4 Å². The third kappa shape index (κ3) is 4.16. The van der Waals surface area contributed by atoms with Gasteiger partial charge in [0.05, 0.1) is 6.54 Å². The van der Waals surface area contributed by atoms with Crippen molar-refractivity contribution in [3.63, 3.8) is 0 Å². The molecule has 0 fully saturated rings. The molecule has 2 nitrogen and oxygen atoms in total. The molecule has 0 saturated carbocycles. The van der Waals surface area contributed by atoms with E-state index in [2.05, 4.69) is 17.1 Å². The van der Waals surface area contributed by atoms with Crippen molar-refractivity contribution in [1.82, 2.24) is 0 Å². The van der Waals surface area contributed by atoms with Crippen LogP contribution in [0.3, 0.4) is 0 Å². The Morgan fingerprint density at radius 1 is 0.950 bits per heavy atom. The Hall–Kier alpha value is -2.22. The van der Waals surface area contributed by atoms with Crippen LogP contribution in [0.15, 0.2) is 65.7 Å². The number of hydrogen-bond donors (Lipinski definition) is 0. The van der Waals surface area contributed by atoms with E-state index in [1.54, 1.807) is 0 Å². The van der Waals surface area contributed by atoms with Gasteiger partial charge in [0.1, 0.15) is 0 Å². The molecule has 0 aliphatic heterocycles. The van der Waals surface area contributed by atoms with Gasteiger partial charge in [0.15, 0.2) is 5.78 Å². The van der Waals surface area contributed by atoms with E-state index in [1.165, 1.54) is 5.56 Å². The van der Waals surface area contributed by atoms with E-state index in [-0.39, 0.29) is 12.3 Å². The minimum Gasteiger partial charge on any atom is -0.298 e. The molecule has 0 amide bonds. The van der Waals surface area contributed by atoms with Crippen LogP contribution < -0.4 is 0 Å². The number of nitrogens with zero attached hydrogens (tertiary/aromatic N) is 1. The van der Waals surface area contributed by atoms with Crippen molar-refractivity contribution in [3.8, 4) is 0 Å². The zero-order valence-corrected chi connectivity index (χ0v) is 11.8. The molecule has 2 heteroatoms. The van der Waals surface area contributed by atoms with Gasteiger partial charge in [-0.05, 0) is 11.1 Å². The molecule has 2 rings (SSSR count). The molecule has 0 atom stereocenters. The molecule has 0 bridgehead atoms. The third-order valence-corrected chi connectivity index (χ3v) is 3.16. The van der Waals surface area contributed by atoms with Crippen LogP contribution in [0.4, 0.5) is 0 Å². The molecule has 0 radical (unpaired) electrons. The Morgan fingerprint density at radius 2 is 1.55 bits per heavy atom. The summed E-state index contributed by atoms with van der Waals surface area (Å²) in [6.07, 6.45) is 1.29. The fourth-order valence-corrected chi connectivity index (χ4v) is 1.96. The molecule has 102 valence electrons. The van der Waals surface area contributed by atoms with E-state index in [4.69, 9.17) is 0 Å². The number of hydrogen-bond acceptors (Lipinski definition) is 2. The van der Waals surface area contributed by atoms with Crippen molar-refractivity contribution in [2.24, 2.45) is 4.99 Å². The van der Waals surface area contributed by atoms with Gasteiger partial charge in [-0.15, -0.1) is 0 Å². The maximum Gasteiger partial charge on any atom is 0.153 e. The van der Waals surface area contributed by atoms with Crippen molar-refractivity contribution < 1.29 is 4.79 Å². The average molecular weight is 265 g/mol. The van der Waals surface area contributed by atoms with Crippen LogP contribution in [0, 0.1) is 0 Å². The summed E-state index contributed by atoms with van der Waals surface area (Å²) in [5.74, 6) is 0.173. The van der Waals surface area contributed by atoms with Gasteiger partial charge in [-0.25, -0.2) is 0 Å². The smallest absolute Gasteiger partial charge is 0.153 e. The predicted octanol–water partition coefficient (Wildman–Crippen LogP) is 3.70. The second-order valence-corrected chi connectivity index (χ2v) is 4.68. The SMILES string of the molecule is CCC(=O)CN=C(Cc1ccccc1)c1ccccc1. The Bertz CT molecular complexity index is 573. The number of carbonyl (C=O) groups excluding carboxylic acids is 1. The van der Waals surface area contributed by atoms with Gasteiger partial charge in [-0.2, -0.15) is 0 Å². The molecule has 0 saturated heterocycles. The summed E-state index contributed by atoms with van der Waals surface area (Å²) in [6.45, 7) is 2.14. The lowest BCUT2D eigenvalue weighted by molar-refractivity contribution is -0.117. The van der Waals surface area contributed by atoms with Crippen molar-refractivity contribution in [3.05, 3.63) is 71.8 Å². The largest absolute Gasteiger partial charge is 0.298 e. The van der Waals surface area contributed by atoms with Gasteiger partial charge < -0.3 is 0 Å². The molecule has 2 aromatic rings. The Balaban J connectivity index is 2.23. The van der Waals surface area contributed by atoms with Gasteiger partial charge in [-0.1, -0.05) is 67.6 Å². The van der Waals surface area contributed by atoms with Crippen molar-refractivity contribution in [2.45, 2.75) is 19.8 Å². The summed E-state index contributed by atoms with van der Waals surface area (Å²) in [5.41, 5.74) is 3.26. The van der Waals surface area contributed by atoms with Crippen LogP contribution in [0.2, 0.25) is 0 Å². The lowest BCUT2D eigenvalue weighted by Gasteiger charge is -2.07. The van der Waals surface area contributed by atoms with Crippen LogP contribution >= 0.6 is 0 Å². The molecule has 0 aliphatic carbocycles. The first-order chi connectivity index (χ1) is 9.79. The standard InChI is InChI=1S/C18H19NO/c1-2-17(20)14-19-18(16-11-7-4-8-12-16)13-15-9-5-3-6-10-15/h3-12H,2,13-14H2,1H3. The highest BCUT2D eigenvalue weighted by molar-refractivity contribution is 6.02. The monoisotopic (exact) mass is 265 g/mol. The lowest BCUT2D eigenvalue weighted by Crippen LogP contribution is -2.09. The molecule has 2 aromatic carbocycles. The molecule has 0 aliphatic rings. The van der Waals surface area contributed by atoms with Gasteiger partial charge in [0.2, 0.25) is 0 Å². The van der Waals surface area contributed by atoms with E-state index in [0.717, 1.165) is 17.7 Å². The van der Waals surface area contributed by atoms with Gasteiger partial charge in [-0.3, -0.25) is 9.79 Å². The Morgan fingerprint density at radius 3 is 2.15 bits per heavy atom. The summed E-state index contributed by atoms with van der Waals surface area (Å²) in [5, 5.41) is 0. The highest BCUT2D eigenvalue weighted by atomic mass is 16.1. The van der Waals surface area contributed by atoms with Crippen LogP contribution in [-0.4, -0.2) is 18.0 Å². The summed E-state index contributed by atoms with van der Waals surface area (Å²) in [7, 11) is 0. The first kappa shape index (κ1) is 14.2. The first-order valence-electron chi connectivity index (χ1n) is 6.94. The Kier molecular flexibility index (Phi) is 5.24. The quantitative estimate of drug-likeness (QED) is 0.732. The number of benzene rings is 2. The zero-order chi connectivity index (χ0) is 14.2. The first-order valence-corrected chi connectivity index (χ1v) is 6.94. The normalized spacial score (nSPS) is 11.3. The summed E-state index contributed by atoms with van der Waals surface area (Å²) < 4.78 is 0. The van der Waals surface area contributed by atoms with Crippen LogP contribution in [0.1, 0.15) is 24.5 Å². The highest BCUT2D eigenvalue weighted by Crippen LogP contribution is 2.09. The van der Waals surface area contributed by atoms with E-state index in [1.807, 2.05) is 55.5 Å². The molecule has 0 aromatic heterocycles. The number of rotatable bonds is 6. The molecule has 0 heterocycles. The second kappa shape index (κ2) is 7.39. The summed E-state index contributed by atoms with van der Waals surface area (Å²) in [6, 6.07) is 20.3. The molecule has 0 unspecified atom stereocenters. The highest BCUT2D eigenvalue weighted by Gasteiger charge is 2.05. The van der Waals surface area contributed by atoms with E-state index in [9.17, 15) is 4.79 Å². The second-order valence-electron chi connectivity index (χ2n) is 4.68. The fraction of sp³-hybridized carbons (Fsp3) is 0.222. The minimum atomic E-state index is 0.173. The minimum absolute atomic E-state index is 0.173. The number of Topliss-reactive ketones (excluding diaryl/α,β-unsaturated/α-hetero) is 1. The van der Waals surface area contributed by atoms with Crippen LogP contribution in [0.25, 0.3) is 0 Å². The predicted molar refractivity (Wildman–Crippen MR) is 83.3 cm³/mol. The summed E-state index contributed by atoms with van der Waals surface area (Å²) in [4.78, 5) is 16.0. The average Bonchev–Trinajstić information content (AvgIpc) is 2.53. The van der Waals surface area contributed by atoms with E-state index in [0.29, 0.717) is 6.42 Å².